The van der Waals surface area contributed by atoms with E-state index in [0.29, 0.717) is 13.2 Å². The van der Waals surface area contributed by atoms with E-state index >= 15 is 0 Å². The minimum atomic E-state index is -0.513. The summed E-state index contributed by atoms with van der Waals surface area (Å²) in [6, 6.07) is 10.6. The number of carbonyl (C=O) groups is 1. The Morgan fingerprint density at radius 2 is 1.79 bits per heavy atom. The van der Waals surface area contributed by atoms with Gasteiger partial charge in [-0.15, -0.1) is 0 Å². The van der Waals surface area contributed by atoms with Crippen LogP contribution in [0.5, 0.6) is 0 Å². The third-order valence-corrected chi connectivity index (χ3v) is 5.62. The second-order valence-corrected chi connectivity index (χ2v) is 8.98. The van der Waals surface area contributed by atoms with Gasteiger partial charge in [0.1, 0.15) is 5.60 Å². The molecular weight excluding hydrogens is 356 g/mol. The van der Waals surface area contributed by atoms with Crippen molar-refractivity contribution in [2.24, 2.45) is 0 Å². The maximum absolute atomic E-state index is 12.7. The molecule has 1 aliphatic carbocycles. The monoisotopic (exact) mass is 390 g/mol. The number of benzene rings is 1. The number of rotatable bonds is 4. The Morgan fingerprint density at radius 3 is 2.39 bits per heavy atom. The maximum atomic E-state index is 12.7. The molecule has 1 spiro atoms. The summed E-state index contributed by atoms with van der Waals surface area (Å²) in [5, 5.41) is 0. The number of amides is 1. The highest BCUT2D eigenvalue weighted by atomic mass is 16.7. The number of hydrogen-bond acceptors (Lipinski definition) is 5. The fourth-order valence-electron chi connectivity index (χ4n) is 4.24. The summed E-state index contributed by atoms with van der Waals surface area (Å²) in [5.74, 6) is -0.513. The Hall–Kier alpha value is -1.63. The molecule has 1 aliphatic heterocycles. The smallest absolute Gasteiger partial charge is 0.410 e. The van der Waals surface area contributed by atoms with Crippen molar-refractivity contribution < 1.29 is 19.0 Å². The molecule has 1 aromatic carbocycles. The van der Waals surface area contributed by atoms with Crippen LogP contribution in [0.3, 0.4) is 0 Å². The minimum Gasteiger partial charge on any atom is -0.444 e. The molecule has 0 N–H and O–H groups in total. The Kier molecular flexibility index (Phi) is 6.32. The van der Waals surface area contributed by atoms with Crippen LogP contribution in [-0.2, 0) is 20.8 Å². The van der Waals surface area contributed by atoms with E-state index in [9.17, 15) is 4.79 Å². The highest BCUT2D eigenvalue weighted by Crippen LogP contribution is 2.39. The average molecular weight is 391 g/mol. The van der Waals surface area contributed by atoms with E-state index in [1.165, 1.54) is 5.56 Å². The fraction of sp³-hybridized carbons (Fsp3) is 0.682. The molecule has 1 heterocycles. The lowest BCUT2D eigenvalue weighted by Crippen LogP contribution is -2.58. The van der Waals surface area contributed by atoms with Gasteiger partial charge < -0.3 is 19.1 Å². The lowest BCUT2D eigenvalue weighted by Gasteiger charge is -2.47. The highest BCUT2D eigenvalue weighted by Gasteiger charge is 2.48. The zero-order valence-corrected chi connectivity index (χ0v) is 17.8. The topological polar surface area (TPSA) is 51.2 Å². The number of ether oxygens (including phenoxy) is 3. The van der Waals surface area contributed by atoms with Crippen LogP contribution < -0.4 is 0 Å². The molecule has 0 unspecified atom stereocenters. The van der Waals surface area contributed by atoms with E-state index < -0.39 is 11.4 Å². The second kappa shape index (κ2) is 8.39. The van der Waals surface area contributed by atoms with Gasteiger partial charge in [-0.2, -0.15) is 0 Å². The second-order valence-electron chi connectivity index (χ2n) is 8.98. The molecule has 3 rings (SSSR count). The molecule has 1 saturated carbocycles. The summed E-state index contributed by atoms with van der Waals surface area (Å²) in [4.78, 5) is 16.8. The van der Waals surface area contributed by atoms with Crippen molar-refractivity contribution in [1.29, 1.82) is 0 Å². The first-order chi connectivity index (χ1) is 13.2. The first-order valence-electron chi connectivity index (χ1n) is 10.2. The van der Waals surface area contributed by atoms with Crippen molar-refractivity contribution in [3.05, 3.63) is 35.9 Å². The molecule has 0 aromatic heterocycles. The molecule has 6 nitrogen and oxygen atoms in total. The Balaban J connectivity index is 1.77. The van der Waals surface area contributed by atoms with Gasteiger partial charge in [0.25, 0.3) is 0 Å². The van der Waals surface area contributed by atoms with Gasteiger partial charge in [0, 0.05) is 32.5 Å². The SMILES string of the molecule is CN(Cc1ccccc1)[C@H]1CC2(CC[C@@H]1N(C)C(=O)OC(C)(C)C)OCCO2. The van der Waals surface area contributed by atoms with Gasteiger partial charge in [-0.25, -0.2) is 4.79 Å². The predicted molar refractivity (Wildman–Crippen MR) is 108 cm³/mol. The molecule has 28 heavy (non-hydrogen) atoms. The minimum absolute atomic E-state index is 0.0435. The quantitative estimate of drug-likeness (QED) is 0.785. The molecular formula is C22H34N2O4. The van der Waals surface area contributed by atoms with Crippen molar-refractivity contribution in [2.45, 2.75) is 70.1 Å². The van der Waals surface area contributed by atoms with Gasteiger partial charge >= 0.3 is 6.09 Å². The Bertz CT molecular complexity index is 652. The van der Waals surface area contributed by atoms with Crippen molar-refractivity contribution in [1.82, 2.24) is 9.80 Å². The molecule has 1 amide bonds. The van der Waals surface area contributed by atoms with Crippen LogP contribution in [0.4, 0.5) is 4.79 Å². The normalized spacial score (nSPS) is 24.5. The Morgan fingerprint density at radius 1 is 1.14 bits per heavy atom. The Labute approximate surface area is 168 Å². The highest BCUT2D eigenvalue weighted by molar-refractivity contribution is 5.68. The largest absolute Gasteiger partial charge is 0.444 e. The molecule has 6 heteroatoms. The van der Waals surface area contributed by atoms with Crippen LogP contribution in [-0.4, -0.2) is 66.7 Å². The van der Waals surface area contributed by atoms with Crippen LogP contribution in [0.2, 0.25) is 0 Å². The van der Waals surface area contributed by atoms with Gasteiger partial charge in [-0.1, -0.05) is 30.3 Å². The van der Waals surface area contributed by atoms with Crippen molar-refractivity contribution in [3.8, 4) is 0 Å². The third kappa shape index (κ3) is 5.04. The van der Waals surface area contributed by atoms with Gasteiger partial charge in [0.2, 0.25) is 0 Å². The number of nitrogens with zero attached hydrogens (tertiary/aromatic N) is 2. The zero-order valence-electron chi connectivity index (χ0n) is 17.8. The van der Waals surface area contributed by atoms with Gasteiger partial charge in [0.05, 0.1) is 19.3 Å². The molecule has 2 fully saturated rings. The maximum Gasteiger partial charge on any atom is 0.410 e. The van der Waals surface area contributed by atoms with Gasteiger partial charge in [-0.05, 0) is 39.8 Å². The summed E-state index contributed by atoms with van der Waals surface area (Å²) < 4.78 is 17.6. The summed E-state index contributed by atoms with van der Waals surface area (Å²) in [7, 11) is 3.96. The number of carbonyl (C=O) groups excluding carboxylic acids is 1. The van der Waals surface area contributed by atoms with E-state index in [4.69, 9.17) is 14.2 Å². The zero-order chi connectivity index (χ0) is 20.4. The van der Waals surface area contributed by atoms with Crippen molar-refractivity contribution in [2.75, 3.05) is 27.3 Å². The molecule has 156 valence electrons. The van der Waals surface area contributed by atoms with Crippen molar-refractivity contribution >= 4 is 6.09 Å². The summed E-state index contributed by atoms with van der Waals surface area (Å²) in [6.07, 6.45) is 2.08. The number of hydrogen-bond donors (Lipinski definition) is 0. The summed E-state index contributed by atoms with van der Waals surface area (Å²) in [6.45, 7) is 7.78. The molecule has 1 aromatic rings. The number of likely N-dealkylation sites (N-methyl/N-ethyl adjacent to an activating group) is 2. The van der Waals surface area contributed by atoms with Crippen LogP contribution >= 0.6 is 0 Å². The molecule has 0 bridgehead atoms. The molecule has 1 saturated heterocycles. The van der Waals surface area contributed by atoms with Gasteiger partial charge in [0.15, 0.2) is 5.79 Å². The summed E-state index contributed by atoms with van der Waals surface area (Å²) >= 11 is 0. The van der Waals surface area contributed by atoms with Crippen LogP contribution in [0.15, 0.2) is 30.3 Å². The van der Waals surface area contributed by atoms with E-state index in [2.05, 4.69) is 36.2 Å². The van der Waals surface area contributed by atoms with Crippen LogP contribution in [0, 0.1) is 0 Å². The van der Waals surface area contributed by atoms with Crippen LogP contribution in [0.25, 0.3) is 0 Å². The third-order valence-electron chi connectivity index (χ3n) is 5.62. The molecule has 2 atom stereocenters. The first kappa shape index (κ1) is 21.1. The molecule has 0 radical (unpaired) electrons. The van der Waals surface area contributed by atoms with E-state index in [0.717, 1.165) is 25.8 Å². The van der Waals surface area contributed by atoms with Crippen molar-refractivity contribution in [3.63, 3.8) is 0 Å². The van der Waals surface area contributed by atoms with E-state index in [-0.39, 0.29) is 18.2 Å². The van der Waals surface area contributed by atoms with E-state index in [1.54, 1.807) is 4.90 Å². The standard InChI is InChI=1S/C22H34N2O4/c1-21(2,3)28-20(25)24(5)18-11-12-22(26-13-14-27-22)15-19(18)23(4)16-17-9-7-6-8-10-17/h6-10,18-19H,11-16H2,1-5H3/t18-,19-/m0/s1. The fourth-order valence-corrected chi connectivity index (χ4v) is 4.24. The first-order valence-corrected chi connectivity index (χ1v) is 10.2. The lowest BCUT2D eigenvalue weighted by molar-refractivity contribution is -0.197. The van der Waals surface area contributed by atoms with E-state index in [1.807, 2.05) is 33.9 Å². The predicted octanol–water partition coefficient (Wildman–Crippen LogP) is 3.65. The summed E-state index contributed by atoms with van der Waals surface area (Å²) in [5.41, 5.74) is 0.737. The van der Waals surface area contributed by atoms with Gasteiger partial charge in [-0.3, -0.25) is 4.90 Å². The molecule has 2 aliphatic rings. The lowest BCUT2D eigenvalue weighted by atomic mass is 9.84. The van der Waals surface area contributed by atoms with Crippen LogP contribution in [0.1, 0.15) is 45.6 Å². The average Bonchev–Trinajstić information content (AvgIpc) is 3.08.